The van der Waals surface area contributed by atoms with Crippen LogP contribution in [0.4, 0.5) is 0 Å². The number of benzene rings is 1. The van der Waals surface area contributed by atoms with Gasteiger partial charge < -0.3 is 5.32 Å². The monoisotopic (exact) mass is 310 g/mol. The topological polar surface area (TPSA) is 24.4 Å². The summed E-state index contributed by atoms with van der Waals surface area (Å²) in [5.41, 5.74) is 1.48. The summed E-state index contributed by atoms with van der Waals surface area (Å²) < 4.78 is 0. The molecule has 1 aliphatic heterocycles. The standard InChI is InChI=1S/C16H23ClN2S/c1-11(13-7-5-6-8-14(13)17)19-15-18-10-12(20-15)9-16(2,3)4/h5-8,11-12H,9-10H2,1-4H3,(H,18,19). The molecular weight excluding hydrogens is 288 g/mol. The molecular formula is C16H23ClN2S. The summed E-state index contributed by atoms with van der Waals surface area (Å²) in [6, 6.07) is 8.15. The van der Waals surface area contributed by atoms with Crippen LogP contribution in [0.25, 0.3) is 0 Å². The molecule has 1 aromatic rings. The summed E-state index contributed by atoms with van der Waals surface area (Å²) >= 11 is 8.10. The molecule has 20 heavy (non-hydrogen) atoms. The van der Waals surface area contributed by atoms with E-state index in [9.17, 15) is 0 Å². The van der Waals surface area contributed by atoms with Crippen molar-refractivity contribution in [3.05, 3.63) is 34.9 Å². The van der Waals surface area contributed by atoms with Crippen LogP contribution in [-0.2, 0) is 0 Å². The van der Waals surface area contributed by atoms with E-state index in [-0.39, 0.29) is 6.04 Å². The van der Waals surface area contributed by atoms with Gasteiger partial charge in [-0.15, -0.1) is 0 Å². The normalized spacial score (nSPS) is 20.6. The third-order valence-electron chi connectivity index (χ3n) is 3.27. The van der Waals surface area contributed by atoms with Crippen LogP contribution in [-0.4, -0.2) is 17.0 Å². The van der Waals surface area contributed by atoms with Crippen molar-refractivity contribution >= 4 is 28.5 Å². The van der Waals surface area contributed by atoms with E-state index in [1.807, 2.05) is 30.0 Å². The molecule has 0 aliphatic carbocycles. The minimum atomic E-state index is 0.184. The molecule has 0 fully saturated rings. The summed E-state index contributed by atoms with van der Waals surface area (Å²) in [5, 5.41) is 5.93. The van der Waals surface area contributed by atoms with Crippen molar-refractivity contribution in [2.45, 2.75) is 45.4 Å². The fraction of sp³-hybridized carbons (Fsp3) is 0.562. The Hall–Kier alpha value is -0.670. The van der Waals surface area contributed by atoms with Crippen LogP contribution in [0.2, 0.25) is 5.02 Å². The summed E-state index contributed by atoms with van der Waals surface area (Å²) in [6.07, 6.45) is 1.19. The molecule has 2 unspecified atom stereocenters. The van der Waals surface area contributed by atoms with Crippen molar-refractivity contribution in [1.29, 1.82) is 0 Å². The molecule has 0 bridgehead atoms. The Morgan fingerprint density at radius 1 is 1.40 bits per heavy atom. The average molecular weight is 311 g/mol. The maximum Gasteiger partial charge on any atom is 0.157 e. The van der Waals surface area contributed by atoms with Crippen LogP contribution in [0.5, 0.6) is 0 Å². The smallest absolute Gasteiger partial charge is 0.157 e. The Morgan fingerprint density at radius 2 is 2.10 bits per heavy atom. The zero-order chi connectivity index (χ0) is 14.8. The van der Waals surface area contributed by atoms with Crippen LogP contribution in [0.15, 0.2) is 29.3 Å². The van der Waals surface area contributed by atoms with Gasteiger partial charge >= 0.3 is 0 Å². The van der Waals surface area contributed by atoms with Gasteiger partial charge in [0.2, 0.25) is 0 Å². The van der Waals surface area contributed by atoms with Gasteiger partial charge in [-0.05, 0) is 30.4 Å². The van der Waals surface area contributed by atoms with Crippen molar-refractivity contribution in [2.24, 2.45) is 10.4 Å². The molecule has 4 heteroatoms. The van der Waals surface area contributed by atoms with Gasteiger partial charge in [0.15, 0.2) is 5.17 Å². The Morgan fingerprint density at radius 3 is 2.75 bits per heavy atom. The van der Waals surface area contributed by atoms with E-state index in [4.69, 9.17) is 11.6 Å². The van der Waals surface area contributed by atoms with Crippen LogP contribution >= 0.6 is 23.4 Å². The van der Waals surface area contributed by atoms with Gasteiger partial charge in [0.25, 0.3) is 0 Å². The maximum atomic E-state index is 6.23. The van der Waals surface area contributed by atoms with Crippen molar-refractivity contribution in [1.82, 2.24) is 5.32 Å². The predicted molar refractivity (Wildman–Crippen MR) is 90.8 cm³/mol. The minimum absolute atomic E-state index is 0.184. The quantitative estimate of drug-likeness (QED) is 0.859. The summed E-state index contributed by atoms with van der Waals surface area (Å²) in [4.78, 5) is 4.62. The highest BCUT2D eigenvalue weighted by Crippen LogP contribution is 2.32. The largest absolute Gasteiger partial charge is 0.358 e. The van der Waals surface area contributed by atoms with Gasteiger partial charge in [0.1, 0.15) is 0 Å². The third kappa shape index (κ3) is 4.42. The fourth-order valence-corrected chi connectivity index (χ4v) is 4.12. The summed E-state index contributed by atoms with van der Waals surface area (Å²) in [5.74, 6) is 0. The molecule has 1 heterocycles. The highest BCUT2D eigenvalue weighted by molar-refractivity contribution is 8.14. The Labute approximate surface area is 131 Å². The number of hydrogen-bond acceptors (Lipinski definition) is 3. The van der Waals surface area contributed by atoms with E-state index < -0.39 is 0 Å². The number of rotatable bonds is 3. The SMILES string of the molecule is CC(NC1=NCC(CC(C)(C)C)S1)c1ccccc1Cl. The first-order valence-electron chi connectivity index (χ1n) is 7.07. The van der Waals surface area contributed by atoms with E-state index in [0.29, 0.717) is 10.7 Å². The second-order valence-corrected chi connectivity index (χ2v) is 8.23. The molecule has 0 amide bonds. The lowest BCUT2D eigenvalue weighted by molar-refractivity contribution is 0.375. The van der Waals surface area contributed by atoms with Crippen molar-refractivity contribution in [3.63, 3.8) is 0 Å². The highest BCUT2D eigenvalue weighted by Gasteiger charge is 2.25. The zero-order valence-electron chi connectivity index (χ0n) is 12.6. The van der Waals surface area contributed by atoms with Gasteiger partial charge in [-0.25, -0.2) is 0 Å². The molecule has 110 valence electrons. The van der Waals surface area contributed by atoms with E-state index in [0.717, 1.165) is 22.3 Å². The van der Waals surface area contributed by atoms with Crippen LogP contribution in [0, 0.1) is 5.41 Å². The first-order chi connectivity index (χ1) is 9.35. The Balaban J connectivity index is 1.91. The number of halogens is 1. The molecule has 2 rings (SSSR count). The molecule has 0 saturated carbocycles. The van der Waals surface area contributed by atoms with Crippen LogP contribution in [0.1, 0.15) is 45.7 Å². The number of thioether (sulfide) groups is 1. The minimum Gasteiger partial charge on any atom is -0.358 e. The first-order valence-corrected chi connectivity index (χ1v) is 8.33. The zero-order valence-corrected chi connectivity index (χ0v) is 14.2. The number of amidine groups is 1. The number of aliphatic imine (C=N–C) groups is 1. The fourth-order valence-electron chi connectivity index (χ4n) is 2.38. The maximum absolute atomic E-state index is 6.23. The molecule has 2 nitrogen and oxygen atoms in total. The van der Waals surface area contributed by atoms with E-state index in [1.54, 1.807) is 0 Å². The lowest BCUT2D eigenvalue weighted by atomic mass is 9.90. The van der Waals surface area contributed by atoms with Crippen LogP contribution < -0.4 is 5.32 Å². The molecule has 0 saturated heterocycles. The molecule has 2 atom stereocenters. The molecule has 1 N–H and O–H groups in total. The molecule has 0 radical (unpaired) electrons. The predicted octanol–water partition coefficient (Wildman–Crippen LogP) is 4.90. The molecule has 1 aromatic carbocycles. The Kier molecular flexibility index (Phi) is 5.03. The lowest BCUT2D eigenvalue weighted by Gasteiger charge is -2.22. The van der Waals surface area contributed by atoms with Gasteiger partial charge in [-0.3, -0.25) is 4.99 Å². The Bertz CT molecular complexity index is 493. The number of hydrogen-bond donors (Lipinski definition) is 1. The second-order valence-electron chi connectivity index (χ2n) is 6.54. The van der Waals surface area contributed by atoms with Crippen molar-refractivity contribution < 1.29 is 0 Å². The van der Waals surface area contributed by atoms with Gasteiger partial charge in [-0.2, -0.15) is 0 Å². The summed E-state index contributed by atoms with van der Waals surface area (Å²) in [7, 11) is 0. The molecule has 0 spiro atoms. The van der Waals surface area contributed by atoms with E-state index >= 15 is 0 Å². The van der Waals surface area contributed by atoms with E-state index in [1.165, 1.54) is 6.42 Å². The van der Waals surface area contributed by atoms with E-state index in [2.05, 4.69) is 44.1 Å². The van der Waals surface area contributed by atoms with Crippen molar-refractivity contribution in [3.8, 4) is 0 Å². The lowest BCUT2D eigenvalue weighted by Crippen LogP contribution is -2.24. The van der Waals surface area contributed by atoms with Crippen LogP contribution in [0.3, 0.4) is 0 Å². The second kappa shape index (κ2) is 6.40. The highest BCUT2D eigenvalue weighted by atomic mass is 35.5. The summed E-state index contributed by atoms with van der Waals surface area (Å²) in [6.45, 7) is 9.89. The van der Waals surface area contributed by atoms with Gasteiger partial charge in [-0.1, -0.05) is 62.3 Å². The van der Waals surface area contributed by atoms with Crippen molar-refractivity contribution in [2.75, 3.05) is 6.54 Å². The third-order valence-corrected chi connectivity index (χ3v) is 4.73. The first kappa shape index (κ1) is 15.7. The molecule has 1 aliphatic rings. The average Bonchev–Trinajstić information content (AvgIpc) is 2.74. The number of nitrogens with zero attached hydrogens (tertiary/aromatic N) is 1. The number of nitrogens with one attached hydrogen (secondary N) is 1. The van der Waals surface area contributed by atoms with Gasteiger partial charge in [0.05, 0.1) is 12.6 Å². The molecule has 0 aromatic heterocycles. The van der Waals surface area contributed by atoms with Gasteiger partial charge in [0, 0.05) is 10.3 Å².